The number of hydrogen-bond donors (Lipinski definition) is 1. The lowest BCUT2D eigenvalue weighted by atomic mass is 9.86. The van der Waals surface area contributed by atoms with E-state index in [1.54, 1.807) is 0 Å². The van der Waals surface area contributed by atoms with Crippen molar-refractivity contribution in [1.82, 2.24) is 0 Å². The minimum absolute atomic E-state index is 0.0661. The smallest absolute Gasteiger partial charge is 0.306 e. The van der Waals surface area contributed by atoms with Crippen LogP contribution < -0.4 is 0 Å². The minimum atomic E-state index is -0.394. The van der Waals surface area contributed by atoms with Crippen LogP contribution in [-0.2, 0) is 19.1 Å². The highest BCUT2D eigenvalue weighted by atomic mass is 16.5. The Kier molecular flexibility index (Phi) is 13.7. The molecule has 30 heavy (non-hydrogen) atoms. The van der Waals surface area contributed by atoms with Gasteiger partial charge in [0, 0.05) is 25.7 Å². The molecule has 1 aliphatic rings. The molecule has 0 bridgehead atoms. The largest absolute Gasteiger partial charge is 0.463 e. The van der Waals surface area contributed by atoms with Crippen molar-refractivity contribution < 1.29 is 24.2 Å². The first-order valence-electron chi connectivity index (χ1n) is 12.0. The predicted molar refractivity (Wildman–Crippen MR) is 120 cm³/mol. The van der Waals surface area contributed by atoms with Gasteiger partial charge in [-0.1, -0.05) is 57.6 Å². The predicted octanol–water partition coefficient (Wildman–Crippen LogP) is 5.73. The number of hydrogen-bond acceptors (Lipinski definition) is 5. The molecule has 0 saturated heterocycles. The van der Waals surface area contributed by atoms with Gasteiger partial charge in [0.25, 0.3) is 0 Å². The number of rotatable bonds is 15. The fraction of sp³-hybridized carbons (Fsp3) is 0.840. The summed E-state index contributed by atoms with van der Waals surface area (Å²) in [7, 11) is 0. The van der Waals surface area contributed by atoms with Gasteiger partial charge in [0.1, 0.15) is 6.10 Å². The van der Waals surface area contributed by atoms with E-state index in [-0.39, 0.29) is 36.0 Å². The van der Waals surface area contributed by atoms with Crippen LogP contribution >= 0.6 is 0 Å². The Hall–Kier alpha value is -1.36. The van der Waals surface area contributed by atoms with Crippen LogP contribution in [0.2, 0.25) is 0 Å². The molecule has 0 aromatic rings. The molecule has 0 unspecified atom stereocenters. The van der Waals surface area contributed by atoms with E-state index in [2.05, 4.69) is 19.1 Å². The summed E-state index contributed by atoms with van der Waals surface area (Å²) in [6, 6.07) is 0. The first-order valence-corrected chi connectivity index (χ1v) is 12.0. The number of unbranched alkanes of at least 4 members (excludes halogenated alkanes) is 6. The van der Waals surface area contributed by atoms with Gasteiger partial charge in [-0.2, -0.15) is 0 Å². The summed E-state index contributed by atoms with van der Waals surface area (Å²) in [6.07, 6.45) is 15.3. The Morgan fingerprint density at radius 1 is 1.03 bits per heavy atom. The van der Waals surface area contributed by atoms with E-state index in [0.717, 1.165) is 32.1 Å². The van der Waals surface area contributed by atoms with Crippen molar-refractivity contribution in [3.8, 4) is 0 Å². The number of allylic oxidation sites excluding steroid dienone is 2. The van der Waals surface area contributed by atoms with Crippen LogP contribution in [-0.4, -0.2) is 35.4 Å². The van der Waals surface area contributed by atoms with E-state index < -0.39 is 6.10 Å². The zero-order valence-electron chi connectivity index (χ0n) is 19.6. The molecule has 1 rings (SSSR count). The van der Waals surface area contributed by atoms with Crippen molar-refractivity contribution in [2.24, 2.45) is 11.8 Å². The summed E-state index contributed by atoms with van der Waals surface area (Å²) in [6.45, 7) is 7.38. The van der Waals surface area contributed by atoms with Gasteiger partial charge < -0.3 is 14.6 Å². The highest BCUT2D eigenvalue weighted by molar-refractivity contribution is 5.69. The number of carbonyl (C=O) groups is 2. The highest BCUT2D eigenvalue weighted by Gasteiger charge is 2.43. The quantitative estimate of drug-likeness (QED) is 0.206. The number of carbonyl (C=O) groups excluding carboxylic acids is 2. The SMILES string of the molecule is CCCCCCCC[C@@H]1[C@@H](C/C=C\CCCC(=O)OC(C)C)[C@@H](OC(C)=O)C[C@H]1O. The maximum Gasteiger partial charge on any atom is 0.306 e. The lowest BCUT2D eigenvalue weighted by molar-refractivity contribution is -0.149. The maximum absolute atomic E-state index is 11.6. The molecule has 0 aliphatic heterocycles. The Balaban J connectivity index is 2.47. The monoisotopic (exact) mass is 424 g/mol. The highest BCUT2D eigenvalue weighted by Crippen LogP contribution is 2.40. The van der Waals surface area contributed by atoms with Crippen molar-refractivity contribution in [2.75, 3.05) is 0 Å². The van der Waals surface area contributed by atoms with Crippen LogP contribution in [0.4, 0.5) is 0 Å². The standard InChI is InChI=1S/C25H44O5/c1-5-6-7-8-9-12-15-21-22(24(18-23(21)27)30-20(4)26)16-13-10-11-14-17-25(28)29-19(2)3/h10,13,19,21-24,27H,5-9,11-12,14-18H2,1-4H3/b13-10-/t21-,22-,23-,24+/m1/s1. The zero-order chi connectivity index (χ0) is 22.4. The number of aliphatic hydroxyl groups excluding tert-OH is 1. The van der Waals surface area contributed by atoms with Gasteiger partial charge in [0.2, 0.25) is 0 Å². The van der Waals surface area contributed by atoms with Crippen molar-refractivity contribution in [3.63, 3.8) is 0 Å². The van der Waals surface area contributed by atoms with Crippen molar-refractivity contribution in [1.29, 1.82) is 0 Å². The van der Waals surface area contributed by atoms with E-state index in [9.17, 15) is 14.7 Å². The molecule has 0 amide bonds. The van der Waals surface area contributed by atoms with Crippen LogP contribution in [0.5, 0.6) is 0 Å². The molecular formula is C25H44O5. The first-order chi connectivity index (χ1) is 14.3. The second-order valence-corrected chi connectivity index (χ2v) is 8.97. The van der Waals surface area contributed by atoms with Crippen molar-refractivity contribution in [3.05, 3.63) is 12.2 Å². The third-order valence-electron chi connectivity index (χ3n) is 5.90. The Bertz CT molecular complexity index is 514. The van der Waals surface area contributed by atoms with Crippen LogP contribution in [0.15, 0.2) is 12.2 Å². The molecular weight excluding hydrogens is 380 g/mol. The van der Waals surface area contributed by atoms with Crippen LogP contribution in [0.1, 0.15) is 105 Å². The van der Waals surface area contributed by atoms with Gasteiger partial charge >= 0.3 is 11.9 Å². The molecule has 0 spiro atoms. The van der Waals surface area contributed by atoms with Gasteiger partial charge in [-0.25, -0.2) is 0 Å². The number of esters is 2. The van der Waals surface area contributed by atoms with Gasteiger partial charge in [0.15, 0.2) is 0 Å². The van der Waals surface area contributed by atoms with Crippen LogP contribution in [0.25, 0.3) is 0 Å². The minimum Gasteiger partial charge on any atom is -0.463 e. The van der Waals surface area contributed by atoms with Gasteiger partial charge in [-0.05, 0) is 45.4 Å². The molecule has 1 N–H and O–H groups in total. The van der Waals surface area contributed by atoms with Crippen LogP contribution in [0.3, 0.4) is 0 Å². The Labute approximate surface area is 183 Å². The zero-order valence-corrected chi connectivity index (χ0v) is 19.6. The summed E-state index contributed by atoms with van der Waals surface area (Å²) in [4.78, 5) is 23.1. The summed E-state index contributed by atoms with van der Waals surface area (Å²) >= 11 is 0. The fourth-order valence-corrected chi connectivity index (χ4v) is 4.45. The average Bonchev–Trinajstić information content (AvgIpc) is 2.94. The van der Waals surface area contributed by atoms with E-state index in [1.807, 2.05) is 13.8 Å². The summed E-state index contributed by atoms with van der Waals surface area (Å²) in [5, 5.41) is 10.6. The number of aliphatic hydroxyl groups is 1. The second-order valence-electron chi connectivity index (χ2n) is 8.97. The van der Waals surface area contributed by atoms with E-state index >= 15 is 0 Å². The van der Waals surface area contributed by atoms with E-state index in [0.29, 0.717) is 12.8 Å². The van der Waals surface area contributed by atoms with E-state index in [1.165, 1.54) is 39.0 Å². The molecule has 5 heteroatoms. The molecule has 0 heterocycles. The van der Waals surface area contributed by atoms with E-state index in [4.69, 9.17) is 9.47 Å². The van der Waals surface area contributed by atoms with Gasteiger partial charge in [-0.3, -0.25) is 9.59 Å². The second kappa shape index (κ2) is 15.4. The number of ether oxygens (including phenoxy) is 2. The van der Waals surface area contributed by atoms with Crippen LogP contribution in [0, 0.1) is 11.8 Å². The lowest BCUT2D eigenvalue weighted by Crippen LogP contribution is -2.25. The summed E-state index contributed by atoms with van der Waals surface area (Å²) in [5.74, 6) is -0.0656. The normalized spacial score (nSPS) is 23.9. The first kappa shape index (κ1) is 26.7. The molecule has 0 aromatic carbocycles. The molecule has 1 saturated carbocycles. The molecule has 174 valence electrons. The van der Waals surface area contributed by atoms with Gasteiger partial charge in [0.05, 0.1) is 12.2 Å². The third kappa shape index (κ3) is 11.1. The summed E-state index contributed by atoms with van der Waals surface area (Å²) < 4.78 is 10.7. The Morgan fingerprint density at radius 3 is 2.40 bits per heavy atom. The molecule has 0 radical (unpaired) electrons. The molecule has 5 nitrogen and oxygen atoms in total. The summed E-state index contributed by atoms with van der Waals surface area (Å²) in [5.41, 5.74) is 0. The van der Waals surface area contributed by atoms with Crippen molar-refractivity contribution in [2.45, 2.75) is 123 Å². The van der Waals surface area contributed by atoms with Crippen molar-refractivity contribution >= 4 is 11.9 Å². The molecule has 1 fully saturated rings. The van der Waals surface area contributed by atoms with Gasteiger partial charge in [-0.15, -0.1) is 0 Å². The topological polar surface area (TPSA) is 72.8 Å². The Morgan fingerprint density at radius 2 is 1.73 bits per heavy atom. The average molecular weight is 425 g/mol. The lowest BCUT2D eigenvalue weighted by Gasteiger charge is -2.24. The molecule has 4 atom stereocenters. The molecule has 1 aliphatic carbocycles. The third-order valence-corrected chi connectivity index (χ3v) is 5.90. The fourth-order valence-electron chi connectivity index (χ4n) is 4.45. The molecule has 0 aromatic heterocycles. The maximum atomic E-state index is 11.6.